The van der Waals surface area contributed by atoms with Crippen LogP contribution in [0.4, 0.5) is 0 Å². The van der Waals surface area contributed by atoms with Crippen LogP contribution in [0.1, 0.15) is 23.7 Å². The van der Waals surface area contributed by atoms with Crippen LogP contribution < -0.4 is 4.74 Å². The van der Waals surface area contributed by atoms with Gasteiger partial charge in [0.2, 0.25) is 5.88 Å². The van der Waals surface area contributed by atoms with E-state index in [1.807, 2.05) is 6.92 Å². The molecule has 1 rings (SSSR count). The number of carbonyl (C=O) groups is 1. The lowest BCUT2D eigenvalue weighted by molar-refractivity contribution is 0.0761. The van der Waals surface area contributed by atoms with Gasteiger partial charge in [0.05, 0.1) is 7.11 Å². The fourth-order valence-corrected chi connectivity index (χ4v) is 1.79. The fourth-order valence-electron chi connectivity index (χ4n) is 1.54. The second kappa shape index (κ2) is 7.27. The zero-order valence-corrected chi connectivity index (χ0v) is 11.7. The Balaban J connectivity index is 2.85. The molecular weight excluding hydrogens is 284 g/mol. The van der Waals surface area contributed by atoms with Gasteiger partial charge in [-0.1, -0.05) is 15.9 Å². The minimum atomic E-state index is -0.0293. The van der Waals surface area contributed by atoms with Gasteiger partial charge in [-0.15, -0.1) is 0 Å². The molecule has 0 aliphatic heterocycles. The number of pyridine rings is 1. The van der Waals surface area contributed by atoms with E-state index >= 15 is 0 Å². The second-order valence-electron chi connectivity index (χ2n) is 3.49. The first-order valence-corrected chi connectivity index (χ1v) is 6.71. The Labute approximate surface area is 110 Å². The fraction of sp³-hybridized carbons (Fsp3) is 0.500. The lowest BCUT2D eigenvalue weighted by Crippen LogP contribution is -2.32. The molecule has 94 valence electrons. The molecule has 0 atom stereocenters. The van der Waals surface area contributed by atoms with Gasteiger partial charge in [0, 0.05) is 24.6 Å². The predicted molar refractivity (Wildman–Crippen MR) is 70.8 cm³/mol. The molecule has 0 unspecified atom stereocenters. The highest BCUT2D eigenvalue weighted by Gasteiger charge is 2.18. The molecule has 1 aromatic heterocycles. The highest BCUT2D eigenvalue weighted by Crippen LogP contribution is 2.16. The zero-order chi connectivity index (χ0) is 12.7. The summed E-state index contributed by atoms with van der Waals surface area (Å²) in [5.74, 6) is 0.355. The van der Waals surface area contributed by atoms with Gasteiger partial charge in [0.15, 0.2) is 0 Å². The first-order chi connectivity index (χ1) is 8.24. The average molecular weight is 301 g/mol. The summed E-state index contributed by atoms with van der Waals surface area (Å²) in [5, 5.41) is 0.890. The third-order valence-corrected chi connectivity index (χ3v) is 2.99. The van der Waals surface area contributed by atoms with E-state index in [1.165, 1.54) is 7.11 Å². The van der Waals surface area contributed by atoms with Gasteiger partial charge in [-0.05, 0) is 25.5 Å². The normalized spacial score (nSPS) is 10.1. The summed E-state index contributed by atoms with van der Waals surface area (Å²) in [6, 6.07) is 3.49. The van der Waals surface area contributed by atoms with Crippen LogP contribution >= 0.6 is 15.9 Å². The van der Waals surface area contributed by atoms with Gasteiger partial charge < -0.3 is 9.64 Å². The highest BCUT2D eigenvalue weighted by molar-refractivity contribution is 9.09. The van der Waals surface area contributed by atoms with E-state index in [1.54, 1.807) is 23.2 Å². The molecule has 1 heterocycles. The maximum atomic E-state index is 12.3. The number of nitrogens with zero attached hydrogens (tertiary/aromatic N) is 2. The van der Waals surface area contributed by atoms with Crippen LogP contribution in [-0.4, -0.2) is 41.3 Å². The average Bonchev–Trinajstić information content (AvgIpc) is 2.39. The molecule has 1 amide bonds. The summed E-state index contributed by atoms with van der Waals surface area (Å²) in [6.07, 6.45) is 2.55. The van der Waals surface area contributed by atoms with Crippen LogP contribution in [0.5, 0.6) is 5.88 Å². The first-order valence-electron chi connectivity index (χ1n) is 5.58. The molecule has 0 saturated heterocycles. The van der Waals surface area contributed by atoms with Crippen molar-refractivity contribution in [3.63, 3.8) is 0 Å². The zero-order valence-electron chi connectivity index (χ0n) is 10.1. The van der Waals surface area contributed by atoms with Crippen LogP contribution in [0.2, 0.25) is 0 Å². The van der Waals surface area contributed by atoms with Gasteiger partial charge in [-0.3, -0.25) is 4.79 Å². The molecule has 4 nitrogen and oxygen atoms in total. The SMILES string of the molecule is CCN(CCCBr)C(=O)c1cccnc1OC. The van der Waals surface area contributed by atoms with Gasteiger partial charge >= 0.3 is 0 Å². The number of rotatable bonds is 6. The quantitative estimate of drug-likeness (QED) is 0.757. The summed E-state index contributed by atoms with van der Waals surface area (Å²) in [4.78, 5) is 18.1. The van der Waals surface area contributed by atoms with Crippen LogP contribution in [0.25, 0.3) is 0 Å². The van der Waals surface area contributed by atoms with Crippen molar-refractivity contribution in [1.82, 2.24) is 9.88 Å². The van der Waals surface area contributed by atoms with Crippen molar-refractivity contribution >= 4 is 21.8 Å². The Morgan fingerprint density at radius 3 is 2.94 bits per heavy atom. The molecule has 0 radical (unpaired) electrons. The third kappa shape index (κ3) is 3.70. The molecule has 0 spiro atoms. The van der Waals surface area contributed by atoms with Crippen molar-refractivity contribution in [3.8, 4) is 5.88 Å². The van der Waals surface area contributed by atoms with Gasteiger partial charge in [-0.25, -0.2) is 4.98 Å². The summed E-state index contributed by atoms with van der Waals surface area (Å²) in [5.41, 5.74) is 0.520. The van der Waals surface area contributed by atoms with E-state index in [0.29, 0.717) is 18.0 Å². The van der Waals surface area contributed by atoms with E-state index in [2.05, 4.69) is 20.9 Å². The van der Waals surface area contributed by atoms with Gasteiger partial charge in [0.25, 0.3) is 5.91 Å². The predicted octanol–water partition coefficient (Wildman–Crippen LogP) is 2.34. The Hall–Kier alpha value is -1.10. The van der Waals surface area contributed by atoms with E-state index in [9.17, 15) is 4.79 Å². The largest absolute Gasteiger partial charge is 0.480 e. The van der Waals surface area contributed by atoms with Gasteiger partial charge in [0.1, 0.15) is 5.56 Å². The lowest BCUT2D eigenvalue weighted by atomic mass is 10.2. The second-order valence-corrected chi connectivity index (χ2v) is 4.28. The first kappa shape index (κ1) is 14.0. The van der Waals surface area contributed by atoms with E-state index in [0.717, 1.165) is 18.3 Å². The molecule has 0 N–H and O–H groups in total. The number of aromatic nitrogens is 1. The molecule has 0 aliphatic rings. The third-order valence-electron chi connectivity index (χ3n) is 2.43. The number of hydrogen-bond acceptors (Lipinski definition) is 3. The summed E-state index contributed by atoms with van der Waals surface area (Å²) in [7, 11) is 1.52. The molecule has 0 aliphatic carbocycles. The molecule has 0 fully saturated rings. The number of amides is 1. The van der Waals surface area contributed by atoms with Crippen LogP contribution in [0, 0.1) is 0 Å². The van der Waals surface area contributed by atoms with Crippen molar-refractivity contribution in [1.29, 1.82) is 0 Å². The van der Waals surface area contributed by atoms with Crippen molar-refractivity contribution in [2.24, 2.45) is 0 Å². The minimum Gasteiger partial charge on any atom is -0.480 e. The Bertz CT molecular complexity index is 371. The molecule has 5 heteroatoms. The van der Waals surface area contributed by atoms with Gasteiger partial charge in [-0.2, -0.15) is 0 Å². The van der Waals surface area contributed by atoms with Crippen LogP contribution in [-0.2, 0) is 0 Å². The number of alkyl halides is 1. The standard InChI is InChI=1S/C12H17BrN2O2/c1-3-15(9-5-7-13)12(16)10-6-4-8-14-11(10)17-2/h4,6,8H,3,5,7,9H2,1-2H3. The number of carbonyl (C=O) groups excluding carboxylic acids is 1. The van der Waals surface area contributed by atoms with Crippen LogP contribution in [0.3, 0.4) is 0 Å². The van der Waals surface area contributed by atoms with E-state index in [4.69, 9.17) is 4.74 Å². The monoisotopic (exact) mass is 300 g/mol. The molecule has 0 saturated carbocycles. The number of hydrogen-bond donors (Lipinski definition) is 0. The molecule has 0 bridgehead atoms. The number of ether oxygens (including phenoxy) is 1. The smallest absolute Gasteiger partial charge is 0.259 e. The summed E-state index contributed by atoms with van der Waals surface area (Å²) < 4.78 is 5.10. The number of methoxy groups -OCH3 is 1. The topological polar surface area (TPSA) is 42.4 Å². The van der Waals surface area contributed by atoms with Crippen molar-refractivity contribution in [2.45, 2.75) is 13.3 Å². The van der Waals surface area contributed by atoms with Crippen molar-refractivity contribution in [2.75, 3.05) is 25.5 Å². The maximum absolute atomic E-state index is 12.3. The molecular formula is C12H17BrN2O2. The van der Waals surface area contributed by atoms with E-state index in [-0.39, 0.29) is 5.91 Å². The highest BCUT2D eigenvalue weighted by atomic mass is 79.9. The number of halogens is 1. The Morgan fingerprint density at radius 1 is 1.59 bits per heavy atom. The van der Waals surface area contributed by atoms with Crippen molar-refractivity contribution < 1.29 is 9.53 Å². The van der Waals surface area contributed by atoms with E-state index < -0.39 is 0 Å². The molecule has 0 aromatic carbocycles. The van der Waals surface area contributed by atoms with Crippen LogP contribution in [0.15, 0.2) is 18.3 Å². The summed E-state index contributed by atoms with van der Waals surface area (Å²) >= 11 is 3.37. The lowest BCUT2D eigenvalue weighted by Gasteiger charge is -2.21. The maximum Gasteiger partial charge on any atom is 0.259 e. The Morgan fingerprint density at radius 2 is 2.35 bits per heavy atom. The Kier molecular flexibility index (Phi) is 5.97. The summed E-state index contributed by atoms with van der Waals surface area (Å²) in [6.45, 7) is 3.39. The minimum absolute atomic E-state index is 0.0293. The molecule has 1 aromatic rings. The van der Waals surface area contributed by atoms with Crippen molar-refractivity contribution in [3.05, 3.63) is 23.9 Å². The molecule has 17 heavy (non-hydrogen) atoms.